The van der Waals surface area contributed by atoms with Crippen LogP contribution in [-0.2, 0) is 13.1 Å². The first-order valence-corrected chi connectivity index (χ1v) is 5.47. The van der Waals surface area contributed by atoms with Crippen molar-refractivity contribution in [2.75, 3.05) is 7.11 Å². The molecule has 0 unspecified atom stereocenters. The molecule has 0 radical (unpaired) electrons. The summed E-state index contributed by atoms with van der Waals surface area (Å²) in [5.41, 5.74) is 2.33. The zero-order chi connectivity index (χ0) is 11.9. The van der Waals surface area contributed by atoms with Crippen LogP contribution >= 0.6 is 0 Å². The van der Waals surface area contributed by atoms with Crippen molar-refractivity contribution in [3.8, 4) is 5.88 Å². The van der Waals surface area contributed by atoms with Crippen LogP contribution in [0, 0.1) is 0 Å². The summed E-state index contributed by atoms with van der Waals surface area (Å²) in [6, 6.07) is 7.88. The van der Waals surface area contributed by atoms with Crippen molar-refractivity contribution in [1.29, 1.82) is 0 Å². The molecule has 0 atom stereocenters. The summed E-state index contributed by atoms with van der Waals surface area (Å²) in [6.07, 6.45) is 5.39. The first-order chi connectivity index (χ1) is 8.38. The molecular formula is C13H15N3O. The molecule has 4 heteroatoms. The SMILES string of the molecule is COc1cc(CNCc2cccnc2)ccn1. The average Bonchev–Trinajstić information content (AvgIpc) is 2.40. The minimum atomic E-state index is 0.644. The standard InChI is InChI=1S/C13H15N3O/c1-17-13-7-11(4-6-16-13)8-15-10-12-3-2-5-14-9-12/h2-7,9,15H,8,10H2,1H3. The van der Waals surface area contributed by atoms with Crippen LogP contribution in [0.15, 0.2) is 42.9 Å². The lowest BCUT2D eigenvalue weighted by Gasteiger charge is -2.05. The van der Waals surface area contributed by atoms with Gasteiger partial charge in [0, 0.05) is 37.7 Å². The average molecular weight is 229 g/mol. The fourth-order valence-electron chi connectivity index (χ4n) is 1.53. The lowest BCUT2D eigenvalue weighted by atomic mass is 10.2. The lowest BCUT2D eigenvalue weighted by Crippen LogP contribution is -2.12. The van der Waals surface area contributed by atoms with Gasteiger partial charge in [0.05, 0.1) is 7.11 Å². The van der Waals surface area contributed by atoms with Crippen LogP contribution in [0.2, 0.25) is 0 Å². The van der Waals surface area contributed by atoms with Gasteiger partial charge < -0.3 is 10.1 Å². The molecule has 0 amide bonds. The number of pyridine rings is 2. The smallest absolute Gasteiger partial charge is 0.213 e. The van der Waals surface area contributed by atoms with Crippen LogP contribution in [-0.4, -0.2) is 17.1 Å². The van der Waals surface area contributed by atoms with Gasteiger partial charge in [-0.2, -0.15) is 0 Å². The Kier molecular flexibility index (Phi) is 4.05. The Bertz CT molecular complexity index is 459. The van der Waals surface area contributed by atoms with Crippen LogP contribution in [0.4, 0.5) is 0 Å². The van der Waals surface area contributed by atoms with E-state index in [2.05, 4.69) is 15.3 Å². The molecule has 0 bridgehead atoms. The molecule has 0 aromatic carbocycles. The van der Waals surface area contributed by atoms with Crippen molar-refractivity contribution in [3.05, 3.63) is 54.0 Å². The largest absolute Gasteiger partial charge is 0.481 e. The normalized spacial score (nSPS) is 10.2. The highest BCUT2D eigenvalue weighted by atomic mass is 16.5. The second-order valence-electron chi connectivity index (χ2n) is 3.67. The highest BCUT2D eigenvalue weighted by Gasteiger charge is 1.97. The van der Waals surface area contributed by atoms with E-state index >= 15 is 0 Å². The first kappa shape index (κ1) is 11.5. The van der Waals surface area contributed by atoms with Gasteiger partial charge in [-0.1, -0.05) is 6.07 Å². The van der Waals surface area contributed by atoms with Crippen molar-refractivity contribution in [1.82, 2.24) is 15.3 Å². The van der Waals surface area contributed by atoms with E-state index < -0.39 is 0 Å². The van der Waals surface area contributed by atoms with E-state index in [0.717, 1.165) is 18.7 Å². The number of aromatic nitrogens is 2. The third-order valence-electron chi connectivity index (χ3n) is 2.39. The molecule has 0 aliphatic heterocycles. The minimum absolute atomic E-state index is 0.644. The van der Waals surface area contributed by atoms with E-state index in [4.69, 9.17) is 4.74 Å². The van der Waals surface area contributed by atoms with Crippen molar-refractivity contribution < 1.29 is 4.74 Å². The molecule has 0 aliphatic carbocycles. The van der Waals surface area contributed by atoms with Gasteiger partial charge in [-0.05, 0) is 23.3 Å². The van der Waals surface area contributed by atoms with E-state index in [0.29, 0.717) is 5.88 Å². The summed E-state index contributed by atoms with van der Waals surface area (Å²) in [4.78, 5) is 8.13. The van der Waals surface area contributed by atoms with Gasteiger partial charge >= 0.3 is 0 Å². The monoisotopic (exact) mass is 229 g/mol. The maximum Gasteiger partial charge on any atom is 0.213 e. The van der Waals surface area contributed by atoms with Gasteiger partial charge in [0.25, 0.3) is 0 Å². The predicted molar refractivity (Wildman–Crippen MR) is 65.6 cm³/mol. The van der Waals surface area contributed by atoms with Gasteiger partial charge in [0.1, 0.15) is 0 Å². The van der Waals surface area contributed by atoms with Crippen LogP contribution in [0.3, 0.4) is 0 Å². The fraction of sp³-hybridized carbons (Fsp3) is 0.231. The molecule has 2 aromatic heterocycles. The van der Waals surface area contributed by atoms with Crippen LogP contribution in [0.1, 0.15) is 11.1 Å². The van der Waals surface area contributed by atoms with E-state index in [1.54, 1.807) is 19.5 Å². The van der Waals surface area contributed by atoms with E-state index in [9.17, 15) is 0 Å². The Labute approximate surface area is 101 Å². The van der Waals surface area contributed by atoms with Gasteiger partial charge in [-0.15, -0.1) is 0 Å². The molecule has 2 rings (SSSR count). The maximum atomic E-state index is 5.07. The second kappa shape index (κ2) is 5.96. The van der Waals surface area contributed by atoms with E-state index in [-0.39, 0.29) is 0 Å². The molecule has 0 saturated carbocycles. The Morgan fingerprint density at radius 3 is 2.82 bits per heavy atom. The van der Waals surface area contributed by atoms with Crippen LogP contribution in [0.25, 0.3) is 0 Å². The zero-order valence-electron chi connectivity index (χ0n) is 9.76. The number of nitrogens with one attached hydrogen (secondary N) is 1. The van der Waals surface area contributed by atoms with Crippen LogP contribution in [0.5, 0.6) is 5.88 Å². The third kappa shape index (κ3) is 3.53. The molecule has 0 saturated heterocycles. The third-order valence-corrected chi connectivity index (χ3v) is 2.39. The molecule has 0 fully saturated rings. The molecule has 1 N–H and O–H groups in total. The molecule has 2 aromatic rings. The molecule has 0 aliphatic rings. The molecular weight excluding hydrogens is 214 g/mol. The Morgan fingerprint density at radius 1 is 1.18 bits per heavy atom. The van der Waals surface area contributed by atoms with Crippen LogP contribution < -0.4 is 10.1 Å². The van der Waals surface area contributed by atoms with Crippen molar-refractivity contribution >= 4 is 0 Å². The lowest BCUT2D eigenvalue weighted by molar-refractivity contribution is 0.397. The number of methoxy groups -OCH3 is 1. The summed E-state index contributed by atoms with van der Waals surface area (Å²) < 4.78 is 5.07. The van der Waals surface area contributed by atoms with Crippen molar-refractivity contribution in [3.63, 3.8) is 0 Å². The van der Waals surface area contributed by atoms with Crippen molar-refractivity contribution in [2.45, 2.75) is 13.1 Å². The van der Waals surface area contributed by atoms with Crippen molar-refractivity contribution in [2.24, 2.45) is 0 Å². The van der Waals surface area contributed by atoms with Gasteiger partial charge in [-0.25, -0.2) is 4.98 Å². The zero-order valence-corrected chi connectivity index (χ0v) is 9.76. The van der Waals surface area contributed by atoms with Gasteiger partial charge in [0.15, 0.2) is 0 Å². The molecule has 2 heterocycles. The molecule has 4 nitrogen and oxygen atoms in total. The number of nitrogens with zero attached hydrogens (tertiary/aromatic N) is 2. The Balaban J connectivity index is 1.86. The minimum Gasteiger partial charge on any atom is -0.481 e. The maximum absolute atomic E-state index is 5.07. The summed E-state index contributed by atoms with van der Waals surface area (Å²) in [5.74, 6) is 0.644. The summed E-state index contributed by atoms with van der Waals surface area (Å²) in [5, 5.41) is 3.35. The highest BCUT2D eigenvalue weighted by Crippen LogP contribution is 2.08. The first-order valence-electron chi connectivity index (χ1n) is 5.47. The molecule has 17 heavy (non-hydrogen) atoms. The highest BCUT2D eigenvalue weighted by molar-refractivity contribution is 5.20. The number of ether oxygens (including phenoxy) is 1. The topological polar surface area (TPSA) is 47.0 Å². The van der Waals surface area contributed by atoms with E-state index in [1.807, 2.05) is 30.5 Å². The molecule has 88 valence electrons. The van der Waals surface area contributed by atoms with Gasteiger partial charge in [-0.3, -0.25) is 4.98 Å². The Hall–Kier alpha value is -1.94. The number of hydrogen-bond acceptors (Lipinski definition) is 4. The Morgan fingerprint density at radius 2 is 2.06 bits per heavy atom. The summed E-state index contributed by atoms with van der Waals surface area (Å²) in [6.45, 7) is 1.59. The van der Waals surface area contributed by atoms with Gasteiger partial charge in [0.2, 0.25) is 5.88 Å². The second-order valence-corrected chi connectivity index (χ2v) is 3.67. The molecule has 0 spiro atoms. The predicted octanol–water partition coefficient (Wildman–Crippen LogP) is 1.77. The summed E-state index contributed by atoms with van der Waals surface area (Å²) >= 11 is 0. The quantitative estimate of drug-likeness (QED) is 0.849. The number of hydrogen-bond donors (Lipinski definition) is 1. The fourth-order valence-corrected chi connectivity index (χ4v) is 1.53. The summed E-state index contributed by atoms with van der Waals surface area (Å²) in [7, 11) is 1.62. The number of rotatable bonds is 5. The van der Waals surface area contributed by atoms with E-state index in [1.165, 1.54) is 5.56 Å².